The van der Waals surface area contributed by atoms with Gasteiger partial charge in [-0.1, -0.05) is 11.3 Å². The summed E-state index contributed by atoms with van der Waals surface area (Å²) in [6.45, 7) is 0.126. The summed E-state index contributed by atoms with van der Waals surface area (Å²) < 4.78 is 15.0. The molecule has 0 saturated heterocycles. The van der Waals surface area contributed by atoms with Crippen LogP contribution in [0.1, 0.15) is 6.93 Å². The van der Waals surface area contributed by atoms with Gasteiger partial charge in [-0.15, -0.1) is 0 Å². The van der Waals surface area contributed by atoms with Crippen LogP contribution in [0.15, 0.2) is 28.7 Å². The molecular formula is C10H9N7O2S. The Bertz CT molecular complexity index is 827. The third-order valence-corrected chi connectivity index (χ3v) is 3.09. The van der Waals surface area contributed by atoms with Crippen molar-refractivity contribution in [3.63, 3.8) is 0 Å². The van der Waals surface area contributed by atoms with E-state index >= 15 is 0 Å². The van der Waals surface area contributed by atoms with Crippen molar-refractivity contribution in [2.75, 3.05) is 0 Å². The van der Waals surface area contributed by atoms with E-state index in [9.17, 15) is 4.79 Å². The van der Waals surface area contributed by atoms with Crippen LogP contribution in [0.4, 0.5) is 0 Å². The highest BCUT2D eigenvalue weighted by Crippen LogP contribution is 2.17. The molecule has 0 amide bonds. The van der Waals surface area contributed by atoms with Gasteiger partial charge in [0.25, 0.3) is 5.19 Å². The van der Waals surface area contributed by atoms with Crippen LogP contribution in [0.25, 0.3) is 5.69 Å². The number of hydrogen-bond acceptors (Lipinski definition) is 8. The third-order valence-electron chi connectivity index (χ3n) is 2.46. The van der Waals surface area contributed by atoms with Crippen molar-refractivity contribution in [3.05, 3.63) is 40.0 Å². The van der Waals surface area contributed by atoms with Crippen LogP contribution in [0.3, 0.4) is 0 Å². The zero-order valence-corrected chi connectivity index (χ0v) is 11.1. The maximum Gasteiger partial charge on any atom is 0.368 e. The predicted octanol–water partition coefficient (Wildman–Crippen LogP) is -0.209. The Morgan fingerprint density at radius 2 is 2.25 bits per heavy atom. The van der Waals surface area contributed by atoms with Crippen LogP contribution in [0.5, 0.6) is 5.19 Å². The van der Waals surface area contributed by atoms with E-state index in [0.29, 0.717) is 16.4 Å². The maximum absolute atomic E-state index is 11.9. The molecule has 3 aromatic heterocycles. The Labute approximate surface area is 117 Å². The molecule has 0 N–H and O–H groups in total. The molecule has 20 heavy (non-hydrogen) atoms. The summed E-state index contributed by atoms with van der Waals surface area (Å²) >= 11 is 1.22. The van der Waals surface area contributed by atoms with Crippen molar-refractivity contribution in [1.29, 1.82) is 0 Å². The Morgan fingerprint density at radius 1 is 1.40 bits per heavy atom. The fourth-order valence-electron chi connectivity index (χ4n) is 1.49. The van der Waals surface area contributed by atoms with Gasteiger partial charge in [0.05, 0.1) is 13.8 Å². The quantitative estimate of drug-likeness (QED) is 0.656. The highest BCUT2D eigenvalue weighted by molar-refractivity contribution is 7.11. The molecule has 9 nitrogen and oxygen atoms in total. The Balaban J connectivity index is 1.89. The fourth-order valence-corrected chi connectivity index (χ4v) is 1.93. The van der Waals surface area contributed by atoms with Gasteiger partial charge in [0.2, 0.25) is 0 Å². The van der Waals surface area contributed by atoms with Crippen molar-refractivity contribution >= 4 is 11.3 Å². The highest BCUT2D eigenvalue weighted by Gasteiger charge is 2.12. The van der Waals surface area contributed by atoms with Crippen molar-refractivity contribution in [3.8, 4) is 10.9 Å². The Kier molecular flexibility index (Phi) is 2.90. The SMILES string of the molecule is [3H]c1csc(OCc2cnncc2-n2nnn(C)c2=O)n1. The van der Waals surface area contributed by atoms with Gasteiger partial charge in [-0.3, -0.25) is 0 Å². The number of thiazole rings is 1. The zero-order chi connectivity index (χ0) is 14.8. The first kappa shape index (κ1) is 11.2. The second-order valence-electron chi connectivity index (χ2n) is 3.73. The number of nitrogens with zero attached hydrogens (tertiary/aromatic N) is 7. The molecule has 0 aromatic carbocycles. The summed E-state index contributed by atoms with van der Waals surface area (Å²) in [6, 6.07) is 0. The number of tetrazole rings is 1. The molecule has 0 saturated carbocycles. The van der Waals surface area contributed by atoms with Crippen LogP contribution >= 0.6 is 11.3 Å². The molecule has 102 valence electrons. The molecule has 0 unspecified atom stereocenters. The van der Waals surface area contributed by atoms with Crippen molar-refractivity contribution in [1.82, 2.24) is 35.0 Å². The lowest BCUT2D eigenvalue weighted by atomic mass is 10.3. The molecule has 0 atom stereocenters. The number of rotatable bonds is 4. The molecule has 0 fully saturated rings. The van der Waals surface area contributed by atoms with Gasteiger partial charge in [0.1, 0.15) is 12.3 Å². The molecule has 0 aliphatic heterocycles. The Hall–Kier alpha value is -2.62. The number of aryl methyl sites for hydroxylation is 1. The van der Waals surface area contributed by atoms with E-state index in [4.69, 9.17) is 6.11 Å². The molecule has 0 aliphatic rings. The summed E-state index contributed by atoms with van der Waals surface area (Å²) in [4.78, 5) is 15.8. The van der Waals surface area contributed by atoms with Gasteiger partial charge in [0, 0.05) is 24.2 Å². The van der Waals surface area contributed by atoms with E-state index in [-0.39, 0.29) is 12.8 Å². The third kappa shape index (κ3) is 2.28. The molecule has 3 heterocycles. The molecular weight excluding hydrogens is 282 g/mol. The fraction of sp³-hybridized carbons (Fsp3) is 0.200. The molecule has 0 radical (unpaired) electrons. The largest absolute Gasteiger partial charge is 0.465 e. The van der Waals surface area contributed by atoms with Gasteiger partial charge >= 0.3 is 5.69 Å². The maximum atomic E-state index is 11.9. The van der Waals surface area contributed by atoms with E-state index in [2.05, 4.69) is 25.6 Å². The highest BCUT2D eigenvalue weighted by atomic mass is 32.1. The van der Waals surface area contributed by atoms with Gasteiger partial charge < -0.3 is 4.74 Å². The van der Waals surface area contributed by atoms with E-state index in [1.54, 1.807) is 5.38 Å². The number of ether oxygens (including phenoxy) is 1. The monoisotopic (exact) mass is 293 g/mol. The molecule has 0 spiro atoms. The molecule has 3 aromatic rings. The van der Waals surface area contributed by atoms with Gasteiger partial charge in [-0.25, -0.2) is 9.78 Å². The minimum absolute atomic E-state index is 0.126. The molecule has 0 aliphatic carbocycles. The van der Waals surface area contributed by atoms with Gasteiger partial charge in [0.15, 0.2) is 0 Å². The van der Waals surface area contributed by atoms with Crippen LogP contribution in [0, 0.1) is 0 Å². The smallest absolute Gasteiger partial charge is 0.368 e. The second-order valence-corrected chi connectivity index (χ2v) is 4.55. The van der Waals surface area contributed by atoms with Crippen molar-refractivity contribution in [2.45, 2.75) is 6.61 Å². The van der Waals surface area contributed by atoms with Crippen LogP contribution in [-0.4, -0.2) is 35.0 Å². The summed E-state index contributed by atoms with van der Waals surface area (Å²) in [5.74, 6) is 0. The Morgan fingerprint density at radius 3 is 2.95 bits per heavy atom. The van der Waals surface area contributed by atoms with E-state index < -0.39 is 5.69 Å². The first-order valence-electron chi connectivity index (χ1n) is 5.99. The first-order valence-corrected chi connectivity index (χ1v) is 6.37. The van der Waals surface area contributed by atoms with E-state index in [0.717, 1.165) is 9.36 Å². The van der Waals surface area contributed by atoms with Gasteiger partial charge in [-0.2, -0.15) is 19.6 Å². The van der Waals surface area contributed by atoms with E-state index in [1.807, 2.05) is 0 Å². The number of hydrogen-bond donors (Lipinski definition) is 0. The normalized spacial score (nSPS) is 11.3. The minimum Gasteiger partial charge on any atom is -0.465 e. The van der Waals surface area contributed by atoms with Crippen molar-refractivity contribution < 1.29 is 6.11 Å². The molecule has 3 rings (SSSR count). The zero-order valence-electron chi connectivity index (χ0n) is 11.3. The lowest BCUT2D eigenvalue weighted by molar-refractivity contribution is 0.303. The number of aromatic nitrogens is 7. The molecule has 10 heteroatoms. The van der Waals surface area contributed by atoms with Crippen LogP contribution < -0.4 is 10.4 Å². The predicted molar refractivity (Wildman–Crippen MR) is 68.6 cm³/mol. The summed E-state index contributed by atoms with van der Waals surface area (Å²) in [6.07, 6.45) is 3.03. The summed E-state index contributed by atoms with van der Waals surface area (Å²) in [5.41, 5.74) is 0.645. The minimum atomic E-state index is -0.396. The molecule has 0 bridgehead atoms. The van der Waals surface area contributed by atoms with Crippen molar-refractivity contribution in [2.24, 2.45) is 7.05 Å². The summed E-state index contributed by atoms with van der Waals surface area (Å²) in [7, 11) is 1.50. The summed E-state index contributed by atoms with van der Waals surface area (Å²) in [5, 5.41) is 16.9. The van der Waals surface area contributed by atoms with Gasteiger partial charge in [-0.05, 0) is 10.4 Å². The second kappa shape index (κ2) is 5.17. The lowest BCUT2D eigenvalue weighted by Crippen LogP contribution is -2.23. The average Bonchev–Trinajstić information content (AvgIpc) is 3.04. The topological polar surface area (TPSA) is 101 Å². The lowest BCUT2D eigenvalue weighted by Gasteiger charge is -2.06. The van der Waals surface area contributed by atoms with Crippen LogP contribution in [-0.2, 0) is 13.7 Å². The van der Waals surface area contributed by atoms with E-state index in [1.165, 1.54) is 30.8 Å². The first-order chi connectivity index (χ1) is 10.1. The standard InChI is InChI=1S/C10H9N7O2S/c1-16-10(18)17(15-14-16)8-5-13-12-4-7(8)6-19-9-11-2-3-20-9/h2-5H,6H2,1H3/i2T. The average molecular weight is 293 g/mol. The van der Waals surface area contributed by atoms with Crippen LogP contribution in [0.2, 0.25) is 0 Å².